The van der Waals surface area contributed by atoms with Gasteiger partial charge < -0.3 is 24.6 Å². The molecule has 1 saturated heterocycles. The monoisotopic (exact) mass is 401 g/mol. The third-order valence-electron chi connectivity index (χ3n) is 4.99. The molecule has 1 heterocycles. The summed E-state index contributed by atoms with van der Waals surface area (Å²) in [6.07, 6.45) is 0. The van der Waals surface area contributed by atoms with Gasteiger partial charge in [0.2, 0.25) is 0 Å². The van der Waals surface area contributed by atoms with Crippen molar-refractivity contribution in [3.63, 3.8) is 0 Å². The Morgan fingerprint density at radius 3 is 2.41 bits per heavy atom. The highest BCUT2D eigenvalue weighted by molar-refractivity contribution is 5.93. The van der Waals surface area contributed by atoms with E-state index in [1.165, 1.54) is 17.0 Å². The average Bonchev–Trinajstić information content (AvgIpc) is 2.74. The molecule has 2 aromatic carbocycles. The maximum Gasteiger partial charge on any atom is 0.279 e. The lowest BCUT2D eigenvalue weighted by atomic mass is 10.2. The third-order valence-corrected chi connectivity index (χ3v) is 4.99. The molecule has 29 heavy (non-hydrogen) atoms. The first-order valence-electron chi connectivity index (χ1n) is 9.35. The minimum absolute atomic E-state index is 0.0858. The van der Waals surface area contributed by atoms with Crippen LogP contribution in [0.3, 0.4) is 0 Å². The van der Waals surface area contributed by atoms with Gasteiger partial charge in [-0.1, -0.05) is 0 Å². The van der Waals surface area contributed by atoms with Gasteiger partial charge in [-0.2, -0.15) is 0 Å². The Morgan fingerprint density at radius 1 is 1.14 bits per heavy atom. The van der Waals surface area contributed by atoms with Crippen LogP contribution in [-0.4, -0.2) is 57.8 Å². The quantitative estimate of drug-likeness (QED) is 0.530. The van der Waals surface area contributed by atoms with Crippen molar-refractivity contribution in [2.45, 2.75) is 0 Å². The van der Waals surface area contributed by atoms with E-state index in [1.807, 2.05) is 0 Å². The molecular weight excluding hydrogens is 376 g/mol. The fourth-order valence-electron chi connectivity index (χ4n) is 3.38. The Bertz CT molecular complexity index is 864. The van der Waals surface area contributed by atoms with Crippen LogP contribution in [0.2, 0.25) is 0 Å². The van der Waals surface area contributed by atoms with Gasteiger partial charge in [0.1, 0.15) is 11.5 Å². The largest absolute Gasteiger partial charge is 0.497 e. The first kappa shape index (κ1) is 20.4. The van der Waals surface area contributed by atoms with Crippen LogP contribution in [-0.2, 0) is 4.79 Å². The molecule has 1 fully saturated rings. The van der Waals surface area contributed by atoms with E-state index in [0.717, 1.165) is 31.9 Å². The second-order valence-corrected chi connectivity index (χ2v) is 6.80. The van der Waals surface area contributed by atoms with E-state index in [-0.39, 0.29) is 11.6 Å². The van der Waals surface area contributed by atoms with E-state index in [4.69, 9.17) is 9.47 Å². The molecule has 154 valence electrons. The molecule has 0 atom stereocenters. The molecule has 0 spiro atoms. The molecule has 1 amide bonds. The summed E-state index contributed by atoms with van der Waals surface area (Å²) < 4.78 is 10.5. The zero-order valence-electron chi connectivity index (χ0n) is 16.5. The summed E-state index contributed by atoms with van der Waals surface area (Å²) in [5.74, 6) is 1.14. The number of methoxy groups -OCH3 is 2. The molecule has 0 aromatic heterocycles. The Morgan fingerprint density at radius 2 is 1.83 bits per heavy atom. The van der Waals surface area contributed by atoms with Crippen molar-refractivity contribution < 1.29 is 24.1 Å². The van der Waals surface area contributed by atoms with E-state index in [1.54, 1.807) is 44.6 Å². The maximum absolute atomic E-state index is 12.5. The van der Waals surface area contributed by atoms with Gasteiger partial charge in [0.05, 0.1) is 51.0 Å². The molecule has 1 aliphatic heterocycles. The minimum atomic E-state index is -0.401. The lowest BCUT2D eigenvalue weighted by Crippen LogP contribution is -3.15. The Kier molecular flexibility index (Phi) is 6.50. The lowest BCUT2D eigenvalue weighted by Gasteiger charge is -2.33. The van der Waals surface area contributed by atoms with E-state index >= 15 is 0 Å². The molecule has 1 aliphatic rings. The van der Waals surface area contributed by atoms with Gasteiger partial charge in [0.25, 0.3) is 11.6 Å². The van der Waals surface area contributed by atoms with Gasteiger partial charge in [-0.3, -0.25) is 14.9 Å². The van der Waals surface area contributed by atoms with Gasteiger partial charge in [-0.25, -0.2) is 0 Å². The van der Waals surface area contributed by atoms with Gasteiger partial charge in [-0.15, -0.1) is 0 Å². The van der Waals surface area contributed by atoms with Crippen LogP contribution in [0.4, 0.5) is 17.1 Å². The Labute approximate surface area is 169 Å². The zero-order valence-corrected chi connectivity index (χ0v) is 16.5. The summed E-state index contributed by atoms with van der Waals surface area (Å²) in [4.78, 5) is 26.2. The number of quaternary nitrogens is 1. The van der Waals surface area contributed by atoms with Crippen molar-refractivity contribution in [1.82, 2.24) is 0 Å². The number of non-ortho nitro benzene ring substituents is 1. The molecule has 2 N–H and O–H groups in total. The molecule has 9 heteroatoms. The molecule has 2 aromatic rings. The number of anilines is 2. The first-order chi connectivity index (χ1) is 14.0. The number of rotatable bonds is 7. The molecule has 3 rings (SSSR count). The predicted molar refractivity (Wildman–Crippen MR) is 109 cm³/mol. The number of hydrogen-bond donors (Lipinski definition) is 2. The number of amides is 1. The summed E-state index contributed by atoms with van der Waals surface area (Å²) in [6, 6.07) is 11.8. The number of piperazine rings is 1. The van der Waals surface area contributed by atoms with Crippen LogP contribution < -0.4 is 24.6 Å². The van der Waals surface area contributed by atoms with E-state index < -0.39 is 4.92 Å². The number of nitrogens with zero attached hydrogens (tertiary/aromatic N) is 2. The van der Waals surface area contributed by atoms with Gasteiger partial charge in [0.15, 0.2) is 6.54 Å². The van der Waals surface area contributed by atoms with Crippen molar-refractivity contribution >= 4 is 23.0 Å². The highest BCUT2D eigenvalue weighted by Gasteiger charge is 2.23. The number of nitro benzene ring substituents is 1. The van der Waals surface area contributed by atoms with Crippen molar-refractivity contribution in [3.8, 4) is 11.5 Å². The molecule has 0 unspecified atom stereocenters. The predicted octanol–water partition coefficient (Wildman–Crippen LogP) is 0.956. The number of nitro groups is 1. The number of nitrogens with one attached hydrogen (secondary N) is 2. The van der Waals surface area contributed by atoms with Gasteiger partial charge in [0, 0.05) is 23.9 Å². The average molecular weight is 401 g/mol. The van der Waals surface area contributed by atoms with Crippen molar-refractivity contribution in [2.75, 3.05) is 57.2 Å². The second kappa shape index (κ2) is 9.24. The first-order valence-corrected chi connectivity index (χ1v) is 9.35. The van der Waals surface area contributed by atoms with Crippen molar-refractivity contribution in [1.29, 1.82) is 0 Å². The summed E-state index contributed by atoms with van der Waals surface area (Å²) in [7, 11) is 3.13. The minimum Gasteiger partial charge on any atom is -0.497 e. The summed E-state index contributed by atoms with van der Waals surface area (Å²) >= 11 is 0. The molecule has 0 bridgehead atoms. The fraction of sp³-hybridized carbons (Fsp3) is 0.350. The molecule has 9 nitrogen and oxygen atoms in total. The number of ether oxygens (including phenoxy) is 2. The van der Waals surface area contributed by atoms with Crippen molar-refractivity contribution in [2.24, 2.45) is 0 Å². The zero-order chi connectivity index (χ0) is 20.8. The third kappa shape index (κ3) is 5.14. The highest BCUT2D eigenvalue weighted by Crippen LogP contribution is 2.28. The Balaban J connectivity index is 1.53. The molecule has 0 radical (unpaired) electrons. The lowest BCUT2D eigenvalue weighted by molar-refractivity contribution is -0.892. The molecular formula is C20H25N4O5+. The SMILES string of the molecule is COc1ccc(OC)c(NC(=O)C[NH+]2CCN(c3ccc([N+](=O)[O-])cc3)CC2)c1. The molecule has 0 aliphatic carbocycles. The van der Waals surface area contributed by atoms with Crippen LogP contribution >= 0.6 is 0 Å². The standard InChI is InChI=1S/C20H24N4O5/c1-28-17-7-8-19(29-2)18(13-17)21-20(25)14-22-9-11-23(12-10-22)15-3-5-16(6-4-15)24(26)27/h3-8,13H,9-12,14H2,1-2H3,(H,21,25)/p+1. The van der Waals surface area contributed by atoms with E-state index in [9.17, 15) is 14.9 Å². The van der Waals surface area contributed by atoms with Gasteiger partial charge >= 0.3 is 0 Å². The fourth-order valence-corrected chi connectivity index (χ4v) is 3.38. The van der Waals surface area contributed by atoms with Crippen molar-refractivity contribution in [3.05, 3.63) is 52.6 Å². The summed E-state index contributed by atoms with van der Waals surface area (Å²) in [5, 5.41) is 13.7. The van der Waals surface area contributed by atoms with Crippen LogP contribution in [0.5, 0.6) is 11.5 Å². The topological polar surface area (TPSA) is 98.4 Å². The second-order valence-electron chi connectivity index (χ2n) is 6.80. The van der Waals surface area contributed by atoms with Crippen LogP contribution in [0.25, 0.3) is 0 Å². The van der Waals surface area contributed by atoms with E-state index in [0.29, 0.717) is 23.7 Å². The summed E-state index contributed by atoms with van der Waals surface area (Å²) in [6.45, 7) is 3.53. The van der Waals surface area contributed by atoms with Gasteiger partial charge in [-0.05, 0) is 24.3 Å². The smallest absolute Gasteiger partial charge is 0.279 e. The van der Waals surface area contributed by atoms with Crippen LogP contribution in [0.15, 0.2) is 42.5 Å². The van der Waals surface area contributed by atoms with Crippen LogP contribution in [0, 0.1) is 10.1 Å². The number of hydrogen-bond acceptors (Lipinski definition) is 6. The maximum atomic E-state index is 12.5. The molecule has 0 saturated carbocycles. The normalized spacial score (nSPS) is 14.3. The Hall–Kier alpha value is -3.33. The van der Waals surface area contributed by atoms with E-state index in [2.05, 4.69) is 10.2 Å². The number of carbonyl (C=O) groups is 1. The number of carbonyl (C=O) groups excluding carboxylic acids is 1. The highest BCUT2D eigenvalue weighted by atomic mass is 16.6. The summed E-state index contributed by atoms with van der Waals surface area (Å²) in [5.41, 5.74) is 1.63. The van der Waals surface area contributed by atoms with Crippen LogP contribution in [0.1, 0.15) is 0 Å². The number of benzene rings is 2.